The van der Waals surface area contributed by atoms with Gasteiger partial charge in [-0.15, -0.1) is 10.2 Å². The topological polar surface area (TPSA) is 87.2 Å². The number of methoxy groups -OCH3 is 1. The monoisotopic (exact) mass is 393 g/mol. The van der Waals surface area contributed by atoms with Gasteiger partial charge in [0.15, 0.2) is 20.8 Å². The lowest BCUT2D eigenvalue weighted by Gasteiger charge is -2.06. The molecule has 1 aromatic carbocycles. The Balaban J connectivity index is 1.68. The number of nitrogens with zero attached hydrogens (tertiary/aromatic N) is 3. The van der Waals surface area contributed by atoms with Gasteiger partial charge >= 0.3 is 0 Å². The first kappa shape index (κ1) is 18.5. The van der Waals surface area contributed by atoms with Crippen LogP contribution in [0.1, 0.15) is 5.76 Å². The summed E-state index contributed by atoms with van der Waals surface area (Å²) < 4.78 is 37.2. The average Bonchev–Trinajstić information content (AvgIpc) is 3.20. The standard InChI is InChI=1S/C17H19N3O4S2/c1-12-15(7-8-24-12)16-18-19-17(20(16)2)25-9-10-26(21,22)14-6-4-5-13(11-14)23-3/h4-8,11H,9-10H2,1-3H3. The first-order valence-electron chi connectivity index (χ1n) is 7.86. The Bertz CT molecular complexity index is 1010. The molecular formula is C17H19N3O4S2. The predicted octanol–water partition coefficient (Wildman–Crippen LogP) is 2.96. The highest BCUT2D eigenvalue weighted by Crippen LogP contribution is 2.26. The van der Waals surface area contributed by atoms with Crippen LogP contribution >= 0.6 is 11.8 Å². The highest BCUT2D eigenvalue weighted by molar-refractivity contribution is 8.00. The molecular weight excluding hydrogens is 374 g/mol. The van der Waals surface area contributed by atoms with E-state index in [0.717, 1.165) is 11.3 Å². The van der Waals surface area contributed by atoms with Crippen LogP contribution in [0.15, 0.2) is 51.1 Å². The maximum absolute atomic E-state index is 12.5. The van der Waals surface area contributed by atoms with E-state index < -0.39 is 9.84 Å². The number of ether oxygens (including phenoxy) is 1. The summed E-state index contributed by atoms with van der Waals surface area (Å²) in [7, 11) is -0.0355. The molecule has 0 atom stereocenters. The maximum Gasteiger partial charge on any atom is 0.191 e. The Morgan fingerprint density at radius 1 is 1.27 bits per heavy atom. The van der Waals surface area contributed by atoms with Gasteiger partial charge in [-0.2, -0.15) is 0 Å². The van der Waals surface area contributed by atoms with Gasteiger partial charge in [0, 0.05) is 12.8 Å². The number of hydrogen-bond acceptors (Lipinski definition) is 7. The molecule has 0 aliphatic carbocycles. The van der Waals surface area contributed by atoms with Gasteiger partial charge in [-0.1, -0.05) is 17.8 Å². The van der Waals surface area contributed by atoms with E-state index >= 15 is 0 Å². The minimum Gasteiger partial charge on any atom is -0.497 e. The van der Waals surface area contributed by atoms with Gasteiger partial charge in [-0.05, 0) is 31.2 Å². The van der Waals surface area contributed by atoms with E-state index in [0.29, 0.717) is 22.5 Å². The molecule has 3 rings (SSSR count). The molecule has 0 radical (unpaired) electrons. The van der Waals surface area contributed by atoms with Gasteiger partial charge in [0.05, 0.1) is 29.6 Å². The minimum atomic E-state index is -3.39. The minimum absolute atomic E-state index is 0.00222. The molecule has 2 aromatic heterocycles. The first-order valence-corrected chi connectivity index (χ1v) is 10.5. The van der Waals surface area contributed by atoms with Crippen LogP contribution in [-0.4, -0.2) is 41.8 Å². The molecule has 0 saturated carbocycles. The van der Waals surface area contributed by atoms with E-state index in [2.05, 4.69) is 10.2 Å². The number of furan rings is 1. The van der Waals surface area contributed by atoms with Gasteiger partial charge in [-0.3, -0.25) is 0 Å². The van der Waals surface area contributed by atoms with E-state index in [1.807, 2.05) is 24.6 Å². The van der Waals surface area contributed by atoms with Crippen molar-refractivity contribution in [1.29, 1.82) is 0 Å². The highest BCUT2D eigenvalue weighted by Gasteiger charge is 2.18. The van der Waals surface area contributed by atoms with E-state index in [1.165, 1.54) is 24.9 Å². The van der Waals surface area contributed by atoms with Crippen molar-refractivity contribution < 1.29 is 17.6 Å². The van der Waals surface area contributed by atoms with Crippen molar-refractivity contribution in [3.8, 4) is 17.1 Å². The molecule has 7 nitrogen and oxygen atoms in total. The lowest BCUT2D eigenvalue weighted by Crippen LogP contribution is -2.09. The second-order valence-electron chi connectivity index (χ2n) is 5.60. The smallest absolute Gasteiger partial charge is 0.191 e. The summed E-state index contributed by atoms with van der Waals surface area (Å²) in [6.45, 7) is 1.86. The third kappa shape index (κ3) is 3.78. The van der Waals surface area contributed by atoms with Gasteiger partial charge in [0.2, 0.25) is 0 Å². The highest BCUT2D eigenvalue weighted by atomic mass is 32.2. The number of thioether (sulfide) groups is 1. The zero-order valence-corrected chi connectivity index (χ0v) is 16.3. The number of benzene rings is 1. The van der Waals surface area contributed by atoms with Crippen LogP contribution in [0.5, 0.6) is 5.75 Å². The van der Waals surface area contributed by atoms with E-state index in [9.17, 15) is 8.42 Å². The summed E-state index contributed by atoms with van der Waals surface area (Å²) in [5.74, 6) is 2.34. The Morgan fingerprint density at radius 3 is 2.77 bits per heavy atom. The fourth-order valence-corrected chi connectivity index (χ4v) is 5.04. The Kier molecular flexibility index (Phi) is 5.38. The van der Waals surface area contributed by atoms with Gasteiger partial charge in [0.1, 0.15) is 11.5 Å². The number of hydrogen-bond donors (Lipinski definition) is 0. The molecule has 0 bridgehead atoms. The normalized spacial score (nSPS) is 11.7. The number of rotatable bonds is 7. The molecule has 0 spiro atoms. The third-order valence-corrected chi connectivity index (χ3v) is 6.91. The summed E-state index contributed by atoms with van der Waals surface area (Å²) >= 11 is 1.35. The van der Waals surface area contributed by atoms with Crippen molar-refractivity contribution in [2.24, 2.45) is 7.05 Å². The summed E-state index contributed by atoms with van der Waals surface area (Å²) in [6, 6.07) is 8.32. The Morgan fingerprint density at radius 2 is 2.08 bits per heavy atom. The van der Waals surface area contributed by atoms with Crippen molar-refractivity contribution in [3.63, 3.8) is 0 Å². The van der Waals surface area contributed by atoms with Crippen LogP contribution in [0.4, 0.5) is 0 Å². The van der Waals surface area contributed by atoms with Crippen molar-refractivity contribution in [2.75, 3.05) is 18.6 Å². The number of sulfone groups is 1. The largest absolute Gasteiger partial charge is 0.497 e. The van der Waals surface area contributed by atoms with Crippen LogP contribution in [0, 0.1) is 6.92 Å². The van der Waals surface area contributed by atoms with Crippen LogP contribution in [0.3, 0.4) is 0 Å². The zero-order valence-electron chi connectivity index (χ0n) is 14.7. The molecule has 0 aliphatic rings. The van der Waals surface area contributed by atoms with E-state index in [-0.39, 0.29) is 10.6 Å². The molecule has 138 valence electrons. The second kappa shape index (κ2) is 7.55. The number of aromatic nitrogens is 3. The molecule has 0 amide bonds. The fourth-order valence-electron chi connectivity index (χ4n) is 2.45. The molecule has 0 fully saturated rings. The fraction of sp³-hybridized carbons (Fsp3) is 0.294. The van der Waals surface area contributed by atoms with Crippen LogP contribution in [0.2, 0.25) is 0 Å². The van der Waals surface area contributed by atoms with E-state index in [1.54, 1.807) is 24.5 Å². The molecule has 0 aliphatic heterocycles. The quantitative estimate of drug-likeness (QED) is 0.570. The van der Waals surface area contributed by atoms with Crippen LogP contribution in [0.25, 0.3) is 11.4 Å². The molecule has 0 N–H and O–H groups in total. The summed E-state index contributed by atoms with van der Waals surface area (Å²) in [5, 5.41) is 8.99. The summed E-state index contributed by atoms with van der Waals surface area (Å²) in [6.07, 6.45) is 1.60. The maximum atomic E-state index is 12.5. The van der Waals surface area contributed by atoms with E-state index in [4.69, 9.17) is 9.15 Å². The lowest BCUT2D eigenvalue weighted by atomic mass is 10.2. The molecule has 0 unspecified atom stereocenters. The third-order valence-electron chi connectivity index (χ3n) is 3.92. The lowest BCUT2D eigenvalue weighted by molar-refractivity contribution is 0.413. The zero-order chi connectivity index (χ0) is 18.7. The van der Waals surface area contributed by atoms with Crippen LogP contribution in [-0.2, 0) is 16.9 Å². The average molecular weight is 393 g/mol. The van der Waals surface area contributed by atoms with Crippen molar-refractivity contribution >= 4 is 21.6 Å². The molecule has 3 aromatic rings. The predicted molar refractivity (Wildman–Crippen MR) is 99.2 cm³/mol. The Hall–Kier alpha value is -2.26. The van der Waals surface area contributed by atoms with Crippen molar-refractivity contribution in [3.05, 3.63) is 42.4 Å². The summed E-state index contributed by atoms with van der Waals surface area (Å²) in [4.78, 5) is 0.255. The van der Waals surface area contributed by atoms with Gasteiger partial charge < -0.3 is 13.7 Å². The first-order chi connectivity index (χ1) is 12.4. The van der Waals surface area contributed by atoms with Crippen molar-refractivity contribution in [1.82, 2.24) is 14.8 Å². The Labute approximate surface area is 156 Å². The second-order valence-corrected chi connectivity index (χ2v) is 8.77. The molecule has 26 heavy (non-hydrogen) atoms. The number of aryl methyl sites for hydroxylation is 1. The van der Waals surface area contributed by atoms with Crippen LogP contribution < -0.4 is 4.74 Å². The van der Waals surface area contributed by atoms with Gasteiger partial charge in [0.25, 0.3) is 0 Å². The SMILES string of the molecule is COc1cccc(S(=O)(=O)CCSc2nnc(-c3ccoc3C)n2C)c1. The molecule has 9 heteroatoms. The summed E-state index contributed by atoms with van der Waals surface area (Å²) in [5.41, 5.74) is 0.871. The van der Waals surface area contributed by atoms with Crippen molar-refractivity contribution in [2.45, 2.75) is 17.0 Å². The molecule has 0 saturated heterocycles. The van der Waals surface area contributed by atoms with Gasteiger partial charge in [-0.25, -0.2) is 8.42 Å². The molecule has 2 heterocycles.